The molecule has 0 fully saturated rings. The molecule has 0 aliphatic heterocycles. The maximum absolute atomic E-state index is 8.51. The van der Waals surface area contributed by atoms with Gasteiger partial charge in [0, 0.05) is 10.7 Å². The lowest BCUT2D eigenvalue weighted by molar-refractivity contribution is 1.10. The molecule has 1 rings (SSSR count). The zero-order chi connectivity index (χ0) is 8.27. The standard InChI is InChI=1S/C7H4Br2N2/c8-5-1-2-7(11-4-5)6(9)3-10/h1-2,4,6H. The molecule has 0 aromatic carbocycles. The predicted octanol–water partition coefficient (Wildman–Crippen LogP) is 2.80. The van der Waals surface area contributed by atoms with Crippen molar-refractivity contribution in [2.45, 2.75) is 4.83 Å². The number of pyridine rings is 1. The van der Waals surface area contributed by atoms with Crippen molar-refractivity contribution in [1.82, 2.24) is 4.98 Å². The monoisotopic (exact) mass is 274 g/mol. The second-order valence-corrected chi connectivity index (χ2v) is 3.72. The minimum absolute atomic E-state index is 0.310. The highest BCUT2D eigenvalue weighted by Crippen LogP contribution is 2.20. The molecule has 1 heterocycles. The molecule has 56 valence electrons. The zero-order valence-electron chi connectivity index (χ0n) is 5.46. The lowest BCUT2D eigenvalue weighted by Gasteiger charge is -1.98. The maximum Gasteiger partial charge on any atom is 0.143 e. The molecule has 0 saturated carbocycles. The van der Waals surface area contributed by atoms with Crippen LogP contribution < -0.4 is 0 Å². The van der Waals surface area contributed by atoms with Crippen molar-refractivity contribution in [3.63, 3.8) is 0 Å². The molecule has 0 bridgehead atoms. The van der Waals surface area contributed by atoms with Crippen molar-refractivity contribution >= 4 is 31.9 Å². The third-order valence-electron chi connectivity index (χ3n) is 1.12. The van der Waals surface area contributed by atoms with Gasteiger partial charge in [-0.25, -0.2) is 0 Å². The molecule has 0 saturated heterocycles. The van der Waals surface area contributed by atoms with E-state index in [0.29, 0.717) is 0 Å². The van der Waals surface area contributed by atoms with Gasteiger partial charge in [0.2, 0.25) is 0 Å². The van der Waals surface area contributed by atoms with Crippen LogP contribution in [0.4, 0.5) is 0 Å². The number of nitrogens with zero attached hydrogens (tertiary/aromatic N) is 2. The van der Waals surface area contributed by atoms with Crippen LogP contribution in [0, 0.1) is 11.3 Å². The van der Waals surface area contributed by atoms with Crippen LogP contribution in [0.15, 0.2) is 22.8 Å². The zero-order valence-corrected chi connectivity index (χ0v) is 8.63. The summed E-state index contributed by atoms with van der Waals surface area (Å²) in [6.07, 6.45) is 1.67. The Hall–Kier alpha value is -0.400. The highest BCUT2D eigenvalue weighted by atomic mass is 79.9. The number of halogens is 2. The van der Waals surface area contributed by atoms with Crippen molar-refractivity contribution in [1.29, 1.82) is 5.26 Å². The number of hydrogen-bond acceptors (Lipinski definition) is 2. The Kier molecular flexibility index (Phi) is 3.03. The van der Waals surface area contributed by atoms with E-state index >= 15 is 0 Å². The van der Waals surface area contributed by atoms with E-state index in [9.17, 15) is 0 Å². The Morgan fingerprint density at radius 1 is 1.55 bits per heavy atom. The van der Waals surface area contributed by atoms with Crippen LogP contribution in [0.5, 0.6) is 0 Å². The number of aromatic nitrogens is 1. The Bertz CT molecular complexity index is 275. The second-order valence-electron chi connectivity index (χ2n) is 1.89. The van der Waals surface area contributed by atoms with Crippen molar-refractivity contribution < 1.29 is 0 Å². The van der Waals surface area contributed by atoms with Gasteiger partial charge in [-0.2, -0.15) is 5.26 Å². The van der Waals surface area contributed by atoms with Gasteiger partial charge < -0.3 is 0 Å². The fraction of sp³-hybridized carbons (Fsp3) is 0.143. The summed E-state index contributed by atoms with van der Waals surface area (Å²) in [5.41, 5.74) is 0.732. The number of nitriles is 1. The van der Waals surface area contributed by atoms with Crippen molar-refractivity contribution in [3.8, 4) is 6.07 Å². The van der Waals surface area contributed by atoms with Crippen LogP contribution in [-0.4, -0.2) is 4.98 Å². The number of alkyl halides is 1. The fourth-order valence-corrected chi connectivity index (χ4v) is 1.11. The third-order valence-corrected chi connectivity index (χ3v) is 2.27. The molecule has 0 aliphatic rings. The molecular weight excluding hydrogens is 272 g/mol. The van der Waals surface area contributed by atoms with E-state index in [0.717, 1.165) is 10.2 Å². The lowest BCUT2D eigenvalue weighted by Crippen LogP contribution is -1.89. The molecule has 1 atom stereocenters. The first-order valence-electron chi connectivity index (χ1n) is 2.89. The summed E-state index contributed by atoms with van der Waals surface area (Å²) in [5, 5.41) is 8.51. The molecule has 4 heteroatoms. The summed E-state index contributed by atoms with van der Waals surface area (Å²) in [6.45, 7) is 0. The van der Waals surface area contributed by atoms with Crippen LogP contribution in [0.3, 0.4) is 0 Å². The lowest BCUT2D eigenvalue weighted by atomic mass is 10.3. The third kappa shape index (κ3) is 2.28. The first-order chi connectivity index (χ1) is 5.24. The van der Waals surface area contributed by atoms with Crippen LogP contribution >= 0.6 is 31.9 Å². The first-order valence-corrected chi connectivity index (χ1v) is 4.60. The molecular formula is C7H4Br2N2. The summed E-state index contributed by atoms with van der Waals surface area (Å²) in [4.78, 5) is 3.72. The number of rotatable bonds is 1. The quantitative estimate of drug-likeness (QED) is 0.739. The van der Waals surface area contributed by atoms with E-state index in [1.165, 1.54) is 0 Å². The minimum atomic E-state index is -0.310. The van der Waals surface area contributed by atoms with Gasteiger partial charge in [-0.1, -0.05) is 15.9 Å². The van der Waals surface area contributed by atoms with Gasteiger partial charge in [-0.05, 0) is 28.1 Å². The van der Waals surface area contributed by atoms with E-state index < -0.39 is 0 Å². The molecule has 1 aromatic rings. The predicted molar refractivity (Wildman–Crippen MR) is 49.2 cm³/mol. The molecule has 0 aliphatic carbocycles. The summed E-state index contributed by atoms with van der Waals surface area (Å²) >= 11 is 6.43. The molecule has 0 N–H and O–H groups in total. The van der Waals surface area contributed by atoms with Crippen molar-refractivity contribution in [3.05, 3.63) is 28.5 Å². The Labute approximate surface area is 81.5 Å². The summed E-state index contributed by atoms with van der Waals surface area (Å²) in [6, 6.07) is 5.69. The molecule has 0 radical (unpaired) electrons. The summed E-state index contributed by atoms with van der Waals surface area (Å²) in [5.74, 6) is 0. The van der Waals surface area contributed by atoms with Gasteiger partial charge in [0.1, 0.15) is 4.83 Å². The average Bonchev–Trinajstić information content (AvgIpc) is 2.05. The van der Waals surface area contributed by atoms with Crippen molar-refractivity contribution in [2.75, 3.05) is 0 Å². The number of hydrogen-bond donors (Lipinski definition) is 0. The highest BCUT2D eigenvalue weighted by molar-refractivity contribution is 9.10. The average molecular weight is 276 g/mol. The molecule has 1 unspecified atom stereocenters. The minimum Gasteiger partial charge on any atom is -0.258 e. The molecule has 0 amide bonds. The van der Waals surface area contributed by atoms with Gasteiger partial charge in [0.25, 0.3) is 0 Å². The first kappa shape index (κ1) is 8.69. The summed E-state index contributed by atoms with van der Waals surface area (Å²) in [7, 11) is 0. The van der Waals surface area contributed by atoms with Crippen LogP contribution in [0.2, 0.25) is 0 Å². The largest absolute Gasteiger partial charge is 0.258 e. The highest BCUT2D eigenvalue weighted by Gasteiger charge is 2.05. The topological polar surface area (TPSA) is 36.7 Å². The van der Waals surface area contributed by atoms with Crippen LogP contribution in [0.25, 0.3) is 0 Å². The molecule has 1 aromatic heterocycles. The Morgan fingerprint density at radius 2 is 2.27 bits per heavy atom. The second kappa shape index (κ2) is 3.84. The summed E-state index contributed by atoms with van der Waals surface area (Å²) < 4.78 is 0.916. The smallest absolute Gasteiger partial charge is 0.143 e. The molecule has 11 heavy (non-hydrogen) atoms. The van der Waals surface area contributed by atoms with Gasteiger partial charge in [-0.3, -0.25) is 4.98 Å². The van der Waals surface area contributed by atoms with E-state index in [2.05, 4.69) is 36.8 Å². The molecule has 2 nitrogen and oxygen atoms in total. The van der Waals surface area contributed by atoms with Gasteiger partial charge >= 0.3 is 0 Å². The SMILES string of the molecule is N#CC(Br)c1ccc(Br)cn1. The van der Waals surface area contributed by atoms with E-state index in [-0.39, 0.29) is 4.83 Å². The van der Waals surface area contributed by atoms with Crippen LogP contribution in [-0.2, 0) is 0 Å². The Morgan fingerprint density at radius 3 is 2.73 bits per heavy atom. The maximum atomic E-state index is 8.51. The van der Waals surface area contributed by atoms with Crippen molar-refractivity contribution in [2.24, 2.45) is 0 Å². The van der Waals surface area contributed by atoms with E-state index in [1.807, 2.05) is 12.1 Å². The molecule has 0 spiro atoms. The fourth-order valence-electron chi connectivity index (χ4n) is 0.603. The van der Waals surface area contributed by atoms with E-state index in [4.69, 9.17) is 5.26 Å². The normalized spacial score (nSPS) is 12.1. The van der Waals surface area contributed by atoms with Gasteiger partial charge in [0.15, 0.2) is 0 Å². The van der Waals surface area contributed by atoms with Gasteiger partial charge in [-0.15, -0.1) is 0 Å². The Balaban J connectivity index is 2.92. The van der Waals surface area contributed by atoms with Crippen LogP contribution in [0.1, 0.15) is 10.5 Å². The van der Waals surface area contributed by atoms with Gasteiger partial charge in [0.05, 0.1) is 11.8 Å². The van der Waals surface area contributed by atoms with E-state index in [1.54, 1.807) is 12.3 Å².